The van der Waals surface area contributed by atoms with Crippen LogP contribution in [0.15, 0.2) is 18.6 Å². The number of rotatable bonds is 6. The van der Waals surface area contributed by atoms with Crippen molar-refractivity contribution in [1.29, 1.82) is 0 Å². The van der Waals surface area contributed by atoms with E-state index in [2.05, 4.69) is 39.8 Å². The average Bonchev–Trinajstić information content (AvgIpc) is 3.07. The lowest BCUT2D eigenvalue weighted by Gasteiger charge is -2.15. The molecule has 9 heteroatoms. The smallest absolute Gasteiger partial charge is 0.156 e. The van der Waals surface area contributed by atoms with Crippen LogP contribution < -0.4 is 11.5 Å². The van der Waals surface area contributed by atoms with E-state index < -0.39 is 8.07 Å². The van der Waals surface area contributed by atoms with Crippen LogP contribution in [0, 0.1) is 0 Å². The Labute approximate surface area is 141 Å². The fourth-order valence-electron chi connectivity index (χ4n) is 2.47. The zero-order valence-corrected chi connectivity index (χ0v) is 15.2. The van der Waals surface area contributed by atoms with E-state index in [1.807, 2.05) is 16.8 Å². The number of ether oxygens (including phenoxy) is 1. The van der Waals surface area contributed by atoms with Crippen LogP contribution in [0.25, 0.3) is 22.3 Å². The first kappa shape index (κ1) is 16.5. The van der Waals surface area contributed by atoms with Gasteiger partial charge in [-0.2, -0.15) is 5.10 Å². The van der Waals surface area contributed by atoms with Crippen LogP contribution in [0.2, 0.25) is 25.7 Å². The highest BCUT2D eigenvalue weighted by molar-refractivity contribution is 6.76. The summed E-state index contributed by atoms with van der Waals surface area (Å²) >= 11 is 0. The van der Waals surface area contributed by atoms with Crippen molar-refractivity contribution in [2.75, 3.05) is 18.1 Å². The van der Waals surface area contributed by atoms with Gasteiger partial charge in [-0.05, 0) is 12.1 Å². The van der Waals surface area contributed by atoms with Gasteiger partial charge in [0.2, 0.25) is 0 Å². The molecule has 0 aliphatic carbocycles. The number of aromatic amines is 1. The van der Waals surface area contributed by atoms with Crippen LogP contribution in [-0.2, 0) is 11.5 Å². The van der Waals surface area contributed by atoms with Crippen LogP contribution >= 0.6 is 0 Å². The van der Waals surface area contributed by atoms with Crippen molar-refractivity contribution in [2.24, 2.45) is 0 Å². The van der Waals surface area contributed by atoms with Crippen LogP contribution in [-0.4, -0.2) is 39.4 Å². The zero-order valence-electron chi connectivity index (χ0n) is 14.2. The van der Waals surface area contributed by atoms with E-state index in [1.165, 1.54) is 6.33 Å². The highest BCUT2D eigenvalue weighted by Crippen LogP contribution is 2.32. The molecule has 8 nitrogen and oxygen atoms in total. The van der Waals surface area contributed by atoms with Crippen LogP contribution in [0.5, 0.6) is 0 Å². The van der Waals surface area contributed by atoms with Gasteiger partial charge in [-0.25, -0.2) is 9.97 Å². The third-order valence-electron chi connectivity index (χ3n) is 3.84. The standard InChI is InChI=1S/C15H23N7OSi/c1-24(2,3)7-6-23-9-22-5-4-10-12(18-8-19-15(10)22)11-13(16)20-21-14(11)17/h4-5,8H,6-7,9H2,1-3H3,(H5,16,17,20,21). The number of anilines is 2. The Morgan fingerprint density at radius 1 is 1.25 bits per heavy atom. The average molecular weight is 345 g/mol. The Kier molecular flexibility index (Phi) is 4.29. The van der Waals surface area contributed by atoms with Crippen molar-refractivity contribution >= 4 is 30.7 Å². The van der Waals surface area contributed by atoms with E-state index >= 15 is 0 Å². The summed E-state index contributed by atoms with van der Waals surface area (Å²) in [6, 6.07) is 3.08. The van der Waals surface area contributed by atoms with Crippen molar-refractivity contribution in [1.82, 2.24) is 24.7 Å². The van der Waals surface area contributed by atoms with Crippen LogP contribution in [0.1, 0.15) is 0 Å². The maximum absolute atomic E-state index is 5.92. The number of aromatic nitrogens is 5. The summed E-state index contributed by atoms with van der Waals surface area (Å²) in [6.07, 6.45) is 3.44. The Hall–Kier alpha value is -2.39. The van der Waals surface area contributed by atoms with E-state index in [0.717, 1.165) is 23.7 Å². The highest BCUT2D eigenvalue weighted by Gasteiger charge is 2.17. The molecular weight excluding hydrogens is 322 g/mol. The predicted octanol–water partition coefficient (Wildman–Crippen LogP) is 2.30. The summed E-state index contributed by atoms with van der Waals surface area (Å²) < 4.78 is 7.77. The number of H-pyrrole nitrogens is 1. The molecule has 128 valence electrons. The summed E-state index contributed by atoms with van der Waals surface area (Å²) in [6.45, 7) is 8.22. The van der Waals surface area contributed by atoms with E-state index in [1.54, 1.807) is 0 Å². The van der Waals surface area contributed by atoms with Gasteiger partial charge in [0.1, 0.15) is 24.5 Å². The van der Waals surface area contributed by atoms with E-state index in [4.69, 9.17) is 16.2 Å². The van der Waals surface area contributed by atoms with Gasteiger partial charge in [0.25, 0.3) is 0 Å². The second-order valence-electron chi connectivity index (χ2n) is 6.99. The first-order valence-electron chi connectivity index (χ1n) is 7.84. The largest absolute Gasteiger partial charge is 0.383 e. The van der Waals surface area contributed by atoms with Gasteiger partial charge in [0.15, 0.2) is 5.82 Å². The lowest BCUT2D eigenvalue weighted by molar-refractivity contribution is 0.0899. The number of nitrogens with one attached hydrogen (secondary N) is 1. The molecule has 0 spiro atoms. The van der Waals surface area contributed by atoms with Gasteiger partial charge < -0.3 is 20.8 Å². The van der Waals surface area contributed by atoms with Gasteiger partial charge in [-0.1, -0.05) is 19.6 Å². The summed E-state index contributed by atoms with van der Waals surface area (Å²) in [5.74, 6) is 0.721. The van der Waals surface area contributed by atoms with Crippen LogP contribution in [0.4, 0.5) is 11.6 Å². The number of fused-ring (bicyclic) bond motifs is 1. The SMILES string of the molecule is C[Si](C)(C)CCOCn1ccc2c(-c3c(N)n[nH]c3N)ncnc21. The van der Waals surface area contributed by atoms with Crippen molar-refractivity contribution in [3.05, 3.63) is 18.6 Å². The fraction of sp³-hybridized carbons (Fsp3) is 0.400. The molecule has 3 rings (SSSR count). The second kappa shape index (κ2) is 6.25. The van der Waals surface area contributed by atoms with Gasteiger partial charge in [-0.15, -0.1) is 0 Å². The van der Waals surface area contributed by atoms with E-state index in [9.17, 15) is 0 Å². The van der Waals surface area contributed by atoms with Gasteiger partial charge in [-0.3, -0.25) is 5.10 Å². The first-order valence-corrected chi connectivity index (χ1v) is 11.5. The fourth-order valence-corrected chi connectivity index (χ4v) is 3.22. The second-order valence-corrected chi connectivity index (χ2v) is 12.6. The summed E-state index contributed by atoms with van der Waals surface area (Å²) in [5, 5.41) is 7.47. The highest BCUT2D eigenvalue weighted by atomic mass is 28.3. The molecule has 0 aliphatic heterocycles. The molecule has 0 saturated heterocycles. The number of hydrogen-bond acceptors (Lipinski definition) is 6. The topological polar surface area (TPSA) is 121 Å². The van der Waals surface area contributed by atoms with Crippen LogP contribution in [0.3, 0.4) is 0 Å². The maximum atomic E-state index is 5.92. The van der Waals surface area contributed by atoms with E-state index in [-0.39, 0.29) is 0 Å². The van der Waals surface area contributed by atoms with Crippen molar-refractivity contribution in [3.8, 4) is 11.3 Å². The first-order chi connectivity index (χ1) is 11.4. The summed E-state index contributed by atoms with van der Waals surface area (Å²) in [7, 11) is -1.09. The molecule has 3 aromatic heterocycles. The van der Waals surface area contributed by atoms with Crippen molar-refractivity contribution < 1.29 is 4.74 Å². The monoisotopic (exact) mass is 345 g/mol. The third-order valence-corrected chi connectivity index (χ3v) is 5.55. The zero-order chi connectivity index (χ0) is 17.3. The lowest BCUT2D eigenvalue weighted by Crippen LogP contribution is -2.22. The molecule has 5 N–H and O–H groups in total. The van der Waals surface area contributed by atoms with Gasteiger partial charge in [0.05, 0.1) is 11.3 Å². The molecule has 3 aromatic rings. The molecule has 0 aromatic carbocycles. The number of hydrogen-bond donors (Lipinski definition) is 3. The maximum Gasteiger partial charge on any atom is 0.156 e. The number of nitrogen functional groups attached to an aromatic ring is 2. The molecule has 0 fully saturated rings. The minimum atomic E-state index is -1.09. The third kappa shape index (κ3) is 3.26. The molecule has 0 unspecified atom stereocenters. The minimum absolute atomic E-state index is 0.326. The number of nitrogens with two attached hydrogens (primary N) is 2. The summed E-state index contributed by atoms with van der Waals surface area (Å²) in [5.41, 5.74) is 13.9. The molecular formula is C15H23N7OSi. The molecule has 3 heterocycles. The number of nitrogens with zero attached hydrogens (tertiary/aromatic N) is 4. The molecule has 0 amide bonds. The Bertz CT molecular complexity index is 830. The Morgan fingerprint density at radius 3 is 2.71 bits per heavy atom. The summed E-state index contributed by atoms with van der Waals surface area (Å²) in [4.78, 5) is 8.70. The Balaban J connectivity index is 1.85. The molecule has 0 radical (unpaired) electrons. The predicted molar refractivity (Wildman–Crippen MR) is 98.0 cm³/mol. The molecule has 0 bridgehead atoms. The quantitative estimate of drug-likeness (QED) is 0.465. The van der Waals surface area contributed by atoms with E-state index in [0.29, 0.717) is 29.6 Å². The van der Waals surface area contributed by atoms with Crippen molar-refractivity contribution in [3.63, 3.8) is 0 Å². The Morgan fingerprint density at radius 2 is 2.04 bits per heavy atom. The lowest BCUT2D eigenvalue weighted by atomic mass is 10.1. The van der Waals surface area contributed by atoms with Gasteiger partial charge in [0, 0.05) is 26.3 Å². The molecule has 24 heavy (non-hydrogen) atoms. The molecule has 0 atom stereocenters. The normalized spacial score (nSPS) is 12.1. The van der Waals surface area contributed by atoms with Gasteiger partial charge >= 0.3 is 0 Å². The molecule has 0 aliphatic rings. The minimum Gasteiger partial charge on any atom is -0.383 e. The molecule has 0 saturated carbocycles. The van der Waals surface area contributed by atoms with Crippen molar-refractivity contribution in [2.45, 2.75) is 32.4 Å².